The standard InChI is InChI=1S/C24H30Cl3NO7S/c1-15(12-28-36(31,32)35-16(2)29)13-33-20-7-5-17(6-8-20)24(3,4)18-9-21(26)23(22(27)10-18)34-14-19(30)11-25/h5-10,15,19,28,30H,11-14H2,1-4H3/t15-,19-/m1/s1. The van der Waals surface area contributed by atoms with Crippen LogP contribution < -0.4 is 14.2 Å². The zero-order valence-corrected chi connectivity index (χ0v) is 23.5. The van der Waals surface area contributed by atoms with Crippen LogP contribution >= 0.6 is 34.8 Å². The molecule has 8 nitrogen and oxygen atoms in total. The molecule has 0 aliphatic carbocycles. The van der Waals surface area contributed by atoms with Crippen molar-refractivity contribution >= 4 is 51.1 Å². The third-order valence-corrected chi connectivity index (χ3v) is 7.16. The number of aliphatic hydroxyl groups excluding tert-OH is 1. The second kappa shape index (κ2) is 13.2. The average molecular weight is 583 g/mol. The Morgan fingerprint density at radius 3 is 2.17 bits per heavy atom. The summed E-state index contributed by atoms with van der Waals surface area (Å²) in [6, 6.07) is 11.0. The van der Waals surface area contributed by atoms with E-state index in [2.05, 4.69) is 8.91 Å². The lowest BCUT2D eigenvalue weighted by Crippen LogP contribution is -2.32. The van der Waals surface area contributed by atoms with Crippen molar-refractivity contribution in [1.29, 1.82) is 0 Å². The summed E-state index contributed by atoms with van der Waals surface area (Å²) in [5.41, 5.74) is 1.39. The van der Waals surface area contributed by atoms with Gasteiger partial charge in [0.25, 0.3) is 0 Å². The summed E-state index contributed by atoms with van der Waals surface area (Å²) in [5.74, 6) is -0.155. The van der Waals surface area contributed by atoms with Crippen molar-refractivity contribution in [1.82, 2.24) is 4.72 Å². The Hall–Kier alpha value is -1.75. The first-order valence-corrected chi connectivity index (χ1v) is 13.7. The summed E-state index contributed by atoms with van der Waals surface area (Å²) < 4.78 is 40.9. The number of nitrogens with one attached hydrogen (secondary N) is 1. The van der Waals surface area contributed by atoms with Crippen LogP contribution in [0, 0.1) is 5.92 Å². The number of alkyl halides is 1. The van der Waals surface area contributed by atoms with Gasteiger partial charge in [-0.15, -0.1) is 11.6 Å². The molecule has 12 heteroatoms. The third kappa shape index (κ3) is 8.97. The van der Waals surface area contributed by atoms with Gasteiger partial charge in [-0.25, -0.2) is 0 Å². The van der Waals surface area contributed by atoms with Gasteiger partial charge in [-0.05, 0) is 35.4 Å². The molecule has 2 rings (SSSR count). The maximum atomic E-state index is 11.6. The molecule has 2 atom stereocenters. The Balaban J connectivity index is 2.03. The minimum absolute atomic E-state index is 0.0240. The summed E-state index contributed by atoms with van der Waals surface area (Å²) in [6.45, 7) is 7.14. The van der Waals surface area contributed by atoms with E-state index >= 15 is 0 Å². The van der Waals surface area contributed by atoms with Gasteiger partial charge in [0.1, 0.15) is 18.5 Å². The fourth-order valence-corrected chi connectivity index (χ4v) is 4.68. The predicted octanol–water partition coefficient (Wildman–Crippen LogP) is 4.71. The second-order valence-corrected chi connectivity index (χ2v) is 11.3. The molecule has 0 aliphatic rings. The molecular formula is C24H30Cl3NO7S. The van der Waals surface area contributed by atoms with Crippen molar-refractivity contribution in [2.45, 2.75) is 39.2 Å². The molecule has 0 fully saturated rings. The SMILES string of the molecule is CC(=O)OS(=O)(=O)NC[C@@H](C)COc1ccc(C(C)(C)c2cc(Cl)c(OC[C@H](O)CCl)c(Cl)c2)cc1. The van der Waals surface area contributed by atoms with E-state index in [-0.39, 0.29) is 37.3 Å². The van der Waals surface area contributed by atoms with E-state index < -0.39 is 27.8 Å². The van der Waals surface area contributed by atoms with Gasteiger partial charge in [0.05, 0.1) is 22.5 Å². The lowest BCUT2D eigenvalue weighted by Gasteiger charge is -2.27. The first-order chi connectivity index (χ1) is 16.7. The van der Waals surface area contributed by atoms with Crippen molar-refractivity contribution in [3.8, 4) is 11.5 Å². The lowest BCUT2D eigenvalue weighted by molar-refractivity contribution is -0.131. The smallest absolute Gasteiger partial charge is 0.385 e. The summed E-state index contributed by atoms with van der Waals surface area (Å²) in [7, 11) is -4.12. The minimum Gasteiger partial charge on any atom is -0.493 e. The molecule has 36 heavy (non-hydrogen) atoms. The van der Waals surface area contributed by atoms with Crippen LogP contribution in [-0.4, -0.2) is 51.2 Å². The molecular weight excluding hydrogens is 553 g/mol. The number of hydrogen-bond acceptors (Lipinski definition) is 7. The van der Waals surface area contributed by atoms with Crippen LogP contribution in [0.2, 0.25) is 10.0 Å². The van der Waals surface area contributed by atoms with Gasteiger partial charge in [-0.3, -0.25) is 4.79 Å². The second-order valence-electron chi connectivity index (χ2n) is 8.83. The zero-order chi connectivity index (χ0) is 27.1. The van der Waals surface area contributed by atoms with Crippen molar-refractivity contribution in [3.63, 3.8) is 0 Å². The van der Waals surface area contributed by atoms with Gasteiger partial charge >= 0.3 is 16.3 Å². The summed E-state index contributed by atoms with van der Waals surface area (Å²) in [6.07, 6.45) is -0.830. The van der Waals surface area contributed by atoms with E-state index in [0.29, 0.717) is 15.8 Å². The molecule has 0 saturated heterocycles. The molecule has 2 aromatic rings. The molecule has 0 radical (unpaired) electrons. The number of aliphatic hydroxyl groups is 1. The molecule has 2 aromatic carbocycles. The van der Waals surface area contributed by atoms with Crippen LogP contribution in [0.3, 0.4) is 0 Å². The monoisotopic (exact) mass is 581 g/mol. The van der Waals surface area contributed by atoms with E-state index in [1.807, 2.05) is 38.1 Å². The summed E-state index contributed by atoms with van der Waals surface area (Å²) >= 11 is 18.4. The quantitative estimate of drug-likeness (QED) is 0.329. The maximum absolute atomic E-state index is 11.6. The van der Waals surface area contributed by atoms with Crippen LogP contribution in [0.4, 0.5) is 0 Å². The van der Waals surface area contributed by atoms with Crippen molar-refractivity contribution < 1.29 is 32.0 Å². The molecule has 0 bridgehead atoms. The van der Waals surface area contributed by atoms with Crippen LogP contribution in [0.15, 0.2) is 36.4 Å². The highest BCUT2D eigenvalue weighted by Gasteiger charge is 2.26. The van der Waals surface area contributed by atoms with Crippen molar-refractivity contribution in [3.05, 3.63) is 57.6 Å². The number of hydrogen-bond donors (Lipinski definition) is 2. The Morgan fingerprint density at radius 1 is 1.06 bits per heavy atom. The van der Waals surface area contributed by atoms with Crippen LogP contribution in [0.25, 0.3) is 0 Å². The molecule has 0 amide bonds. The average Bonchev–Trinajstić information content (AvgIpc) is 2.80. The fraction of sp³-hybridized carbons (Fsp3) is 0.458. The van der Waals surface area contributed by atoms with E-state index in [0.717, 1.165) is 18.1 Å². The topological polar surface area (TPSA) is 111 Å². The molecule has 2 N–H and O–H groups in total. The highest BCUT2D eigenvalue weighted by atomic mass is 35.5. The Labute approximate surface area is 227 Å². The number of carbonyl (C=O) groups is 1. The van der Waals surface area contributed by atoms with Gasteiger partial charge in [0.2, 0.25) is 0 Å². The Bertz CT molecular complexity index is 1120. The fourth-order valence-electron chi connectivity index (χ4n) is 3.14. The largest absolute Gasteiger partial charge is 0.493 e. The molecule has 0 unspecified atom stereocenters. The summed E-state index contributed by atoms with van der Waals surface area (Å²) in [4.78, 5) is 10.8. The molecule has 0 heterocycles. The van der Waals surface area contributed by atoms with Gasteiger partial charge in [-0.2, -0.15) is 13.1 Å². The number of ether oxygens (including phenoxy) is 2. The first kappa shape index (κ1) is 30.5. The van der Waals surface area contributed by atoms with E-state index in [9.17, 15) is 18.3 Å². The van der Waals surface area contributed by atoms with E-state index in [1.54, 1.807) is 19.1 Å². The number of carbonyl (C=O) groups excluding carboxylic acids is 1. The normalized spacial score (nSPS) is 13.7. The van der Waals surface area contributed by atoms with Crippen molar-refractivity contribution in [2.24, 2.45) is 5.92 Å². The summed E-state index contributed by atoms with van der Waals surface area (Å²) in [5, 5.41) is 10.3. The number of halogens is 3. The predicted molar refractivity (Wildman–Crippen MR) is 141 cm³/mol. The van der Waals surface area contributed by atoms with Crippen LogP contribution in [-0.2, 0) is 24.7 Å². The van der Waals surface area contributed by atoms with E-state index in [1.165, 1.54) is 0 Å². The van der Waals surface area contributed by atoms with Crippen molar-refractivity contribution in [2.75, 3.05) is 25.6 Å². The zero-order valence-electron chi connectivity index (χ0n) is 20.4. The molecule has 0 aromatic heterocycles. The molecule has 0 spiro atoms. The third-order valence-electron chi connectivity index (χ3n) is 5.26. The van der Waals surface area contributed by atoms with Gasteiger partial charge in [0.15, 0.2) is 5.75 Å². The molecule has 0 aliphatic heterocycles. The number of benzene rings is 2. The number of rotatable bonds is 13. The van der Waals surface area contributed by atoms with Crippen LogP contribution in [0.1, 0.15) is 38.8 Å². The maximum Gasteiger partial charge on any atom is 0.385 e. The highest BCUT2D eigenvalue weighted by Crippen LogP contribution is 2.40. The minimum atomic E-state index is -4.12. The van der Waals surface area contributed by atoms with Gasteiger partial charge < -0.3 is 18.8 Å². The first-order valence-electron chi connectivity index (χ1n) is 11.0. The molecule has 0 saturated carbocycles. The Morgan fingerprint density at radius 2 is 1.64 bits per heavy atom. The van der Waals surface area contributed by atoms with Gasteiger partial charge in [-0.1, -0.05) is 56.1 Å². The van der Waals surface area contributed by atoms with Gasteiger partial charge in [0, 0.05) is 24.8 Å². The van der Waals surface area contributed by atoms with Crippen LogP contribution in [0.5, 0.6) is 11.5 Å². The highest BCUT2D eigenvalue weighted by molar-refractivity contribution is 7.85. The van der Waals surface area contributed by atoms with E-state index in [4.69, 9.17) is 44.3 Å². The molecule has 200 valence electrons. The Kier molecular flexibility index (Phi) is 11.1. The lowest BCUT2D eigenvalue weighted by atomic mass is 9.78.